The van der Waals surface area contributed by atoms with E-state index in [1.165, 1.54) is 0 Å². The lowest BCUT2D eigenvalue weighted by atomic mass is 10.1. The number of urea groups is 1. The summed E-state index contributed by atoms with van der Waals surface area (Å²) in [6.45, 7) is 10.8. The zero-order chi connectivity index (χ0) is 23.1. The van der Waals surface area contributed by atoms with Gasteiger partial charge in [-0.3, -0.25) is 0 Å². The molecule has 8 nitrogen and oxygen atoms in total. The third-order valence-corrected chi connectivity index (χ3v) is 4.38. The van der Waals surface area contributed by atoms with Gasteiger partial charge in [0.15, 0.2) is 6.10 Å². The van der Waals surface area contributed by atoms with Gasteiger partial charge in [-0.05, 0) is 51.3 Å². The van der Waals surface area contributed by atoms with Gasteiger partial charge in [0.25, 0.3) is 0 Å². The van der Waals surface area contributed by atoms with Gasteiger partial charge in [0.2, 0.25) is 0 Å². The summed E-state index contributed by atoms with van der Waals surface area (Å²) < 4.78 is 16.5. The Hall–Kier alpha value is -2.32. The van der Waals surface area contributed by atoms with E-state index in [0.29, 0.717) is 45.1 Å². The number of benzene rings is 1. The number of nitrogens with one attached hydrogen (secondary N) is 1. The molecule has 0 radical (unpaired) electrons. The normalized spacial score (nSPS) is 11.9. The van der Waals surface area contributed by atoms with Crippen molar-refractivity contribution in [2.24, 2.45) is 0 Å². The standard InChI is InChI=1S/C23H38N2O6/c1-5-14-29-15-7-12-25(23(28)24-18(3)4)13-16-31-20-10-8-19(9-11-20)17-21(22(26)27)30-6-2/h8-11,18,21H,5-7,12-17H2,1-4H3,(H,24,28)(H,26,27). The van der Waals surface area contributed by atoms with E-state index in [0.717, 1.165) is 25.0 Å². The molecular weight excluding hydrogens is 400 g/mol. The van der Waals surface area contributed by atoms with E-state index in [2.05, 4.69) is 12.2 Å². The minimum absolute atomic E-state index is 0.0612. The van der Waals surface area contributed by atoms with E-state index >= 15 is 0 Å². The SMILES string of the molecule is CCCOCCCN(CCOc1ccc(CC(OCC)C(=O)O)cc1)C(=O)NC(C)C. The molecule has 0 aromatic heterocycles. The summed E-state index contributed by atoms with van der Waals surface area (Å²) in [7, 11) is 0. The first-order valence-electron chi connectivity index (χ1n) is 11.1. The minimum atomic E-state index is -0.970. The molecule has 0 fully saturated rings. The quantitative estimate of drug-likeness (QED) is 0.384. The van der Waals surface area contributed by atoms with E-state index < -0.39 is 12.1 Å². The highest BCUT2D eigenvalue weighted by Crippen LogP contribution is 2.15. The number of rotatable bonds is 16. The topological polar surface area (TPSA) is 97.3 Å². The maximum absolute atomic E-state index is 12.4. The molecule has 0 spiro atoms. The van der Waals surface area contributed by atoms with Crippen LogP contribution in [0.15, 0.2) is 24.3 Å². The Morgan fingerprint density at radius 3 is 2.35 bits per heavy atom. The van der Waals surface area contributed by atoms with Gasteiger partial charge < -0.3 is 29.5 Å². The summed E-state index contributed by atoms with van der Waals surface area (Å²) in [5.41, 5.74) is 0.859. The Morgan fingerprint density at radius 1 is 1.06 bits per heavy atom. The molecule has 31 heavy (non-hydrogen) atoms. The monoisotopic (exact) mass is 438 g/mol. The number of ether oxygens (including phenoxy) is 3. The van der Waals surface area contributed by atoms with Crippen LogP contribution in [0.1, 0.15) is 46.1 Å². The first kappa shape index (κ1) is 26.7. The molecule has 0 saturated carbocycles. The lowest BCUT2D eigenvalue weighted by molar-refractivity contribution is -0.149. The number of hydrogen-bond donors (Lipinski definition) is 2. The van der Waals surface area contributed by atoms with Gasteiger partial charge in [0.05, 0.1) is 6.54 Å². The van der Waals surface area contributed by atoms with Gasteiger partial charge in [-0.1, -0.05) is 19.1 Å². The molecule has 2 amide bonds. The number of aliphatic carboxylic acids is 1. The van der Waals surface area contributed by atoms with E-state index in [-0.39, 0.29) is 12.1 Å². The van der Waals surface area contributed by atoms with Crippen LogP contribution < -0.4 is 10.1 Å². The molecule has 1 unspecified atom stereocenters. The van der Waals surface area contributed by atoms with Gasteiger partial charge >= 0.3 is 12.0 Å². The Morgan fingerprint density at radius 2 is 1.77 bits per heavy atom. The fraction of sp³-hybridized carbons (Fsp3) is 0.652. The van der Waals surface area contributed by atoms with Gasteiger partial charge in [-0.15, -0.1) is 0 Å². The van der Waals surface area contributed by atoms with Crippen molar-refractivity contribution in [1.82, 2.24) is 10.2 Å². The second-order valence-corrected chi connectivity index (χ2v) is 7.54. The predicted molar refractivity (Wildman–Crippen MR) is 120 cm³/mol. The van der Waals surface area contributed by atoms with Crippen molar-refractivity contribution in [1.29, 1.82) is 0 Å². The molecule has 2 N–H and O–H groups in total. The molecule has 0 saturated heterocycles. The number of carboxylic acid groups (broad SMARTS) is 1. The first-order valence-corrected chi connectivity index (χ1v) is 11.1. The van der Waals surface area contributed by atoms with Crippen molar-refractivity contribution in [2.75, 3.05) is 39.5 Å². The average Bonchev–Trinajstić information content (AvgIpc) is 2.72. The second-order valence-electron chi connectivity index (χ2n) is 7.54. The summed E-state index contributed by atoms with van der Waals surface area (Å²) in [5, 5.41) is 12.1. The molecule has 0 heterocycles. The highest BCUT2D eigenvalue weighted by Gasteiger charge is 2.18. The fourth-order valence-electron chi connectivity index (χ4n) is 2.89. The van der Waals surface area contributed by atoms with Gasteiger partial charge in [0, 0.05) is 38.8 Å². The number of nitrogens with zero attached hydrogens (tertiary/aromatic N) is 1. The van der Waals surface area contributed by atoms with Crippen LogP contribution in [0.2, 0.25) is 0 Å². The third-order valence-electron chi connectivity index (χ3n) is 4.38. The van der Waals surface area contributed by atoms with Crippen molar-refractivity contribution in [3.8, 4) is 5.75 Å². The van der Waals surface area contributed by atoms with Crippen molar-refractivity contribution in [3.05, 3.63) is 29.8 Å². The van der Waals surface area contributed by atoms with Gasteiger partial charge in [-0.2, -0.15) is 0 Å². The molecule has 176 valence electrons. The summed E-state index contributed by atoms with van der Waals surface area (Å²) in [5.74, 6) is -0.301. The lowest BCUT2D eigenvalue weighted by Gasteiger charge is -2.24. The summed E-state index contributed by atoms with van der Waals surface area (Å²) >= 11 is 0. The van der Waals surface area contributed by atoms with Crippen LogP contribution >= 0.6 is 0 Å². The van der Waals surface area contributed by atoms with Crippen molar-refractivity contribution >= 4 is 12.0 Å². The first-order chi connectivity index (χ1) is 14.9. The second kappa shape index (κ2) is 15.5. The predicted octanol–water partition coefficient (Wildman–Crippen LogP) is 3.33. The molecule has 1 rings (SSSR count). The van der Waals surface area contributed by atoms with Crippen LogP contribution in [0.25, 0.3) is 0 Å². The molecule has 8 heteroatoms. The minimum Gasteiger partial charge on any atom is -0.492 e. The fourth-order valence-corrected chi connectivity index (χ4v) is 2.89. The van der Waals surface area contributed by atoms with Crippen LogP contribution in [-0.2, 0) is 20.7 Å². The number of amides is 2. The van der Waals surface area contributed by atoms with Gasteiger partial charge in [-0.25, -0.2) is 9.59 Å². The van der Waals surface area contributed by atoms with Crippen LogP contribution in [0.5, 0.6) is 5.75 Å². The van der Waals surface area contributed by atoms with Crippen molar-refractivity contribution in [3.63, 3.8) is 0 Å². The highest BCUT2D eigenvalue weighted by molar-refractivity contribution is 5.74. The Kier molecular flexibility index (Phi) is 13.3. The Balaban J connectivity index is 2.53. The van der Waals surface area contributed by atoms with E-state index in [1.54, 1.807) is 24.0 Å². The van der Waals surface area contributed by atoms with Crippen molar-refractivity contribution in [2.45, 2.75) is 59.1 Å². The molecule has 1 aromatic carbocycles. The van der Waals surface area contributed by atoms with Crippen LogP contribution in [0.4, 0.5) is 4.79 Å². The lowest BCUT2D eigenvalue weighted by Crippen LogP contribution is -2.45. The molecule has 0 bridgehead atoms. The van der Waals surface area contributed by atoms with Crippen LogP contribution in [0.3, 0.4) is 0 Å². The number of carbonyl (C=O) groups excluding carboxylic acids is 1. The third kappa shape index (κ3) is 11.6. The number of carboxylic acids is 1. The molecule has 1 aromatic rings. The summed E-state index contributed by atoms with van der Waals surface area (Å²) in [4.78, 5) is 25.4. The summed E-state index contributed by atoms with van der Waals surface area (Å²) in [6, 6.07) is 7.22. The number of carbonyl (C=O) groups is 2. The highest BCUT2D eigenvalue weighted by atomic mass is 16.5. The van der Waals surface area contributed by atoms with E-state index in [9.17, 15) is 14.7 Å². The van der Waals surface area contributed by atoms with Gasteiger partial charge in [0.1, 0.15) is 12.4 Å². The largest absolute Gasteiger partial charge is 0.492 e. The molecule has 0 aliphatic rings. The summed E-state index contributed by atoms with van der Waals surface area (Å²) in [6.07, 6.45) is 1.19. The van der Waals surface area contributed by atoms with Crippen LogP contribution in [-0.4, -0.2) is 73.7 Å². The Labute approximate surface area is 185 Å². The molecular formula is C23H38N2O6. The average molecular weight is 439 g/mol. The molecule has 0 aliphatic carbocycles. The van der Waals surface area contributed by atoms with Crippen molar-refractivity contribution < 1.29 is 28.9 Å². The van der Waals surface area contributed by atoms with Crippen LogP contribution in [0, 0.1) is 0 Å². The smallest absolute Gasteiger partial charge is 0.333 e. The zero-order valence-electron chi connectivity index (χ0n) is 19.3. The maximum Gasteiger partial charge on any atom is 0.333 e. The molecule has 1 atom stereocenters. The number of hydrogen-bond acceptors (Lipinski definition) is 5. The van der Waals surface area contributed by atoms with E-state index in [4.69, 9.17) is 14.2 Å². The zero-order valence-corrected chi connectivity index (χ0v) is 19.3. The molecule has 0 aliphatic heterocycles. The Bertz CT molecular complexity index is 635. The maximum atomic E-state index is 12.4. The van der Waals surface area contributed by atoms with E-state index in [1.807, 2.05) is 26.0 Å².